The van der Waals surface area contributed by atoms with Gasteiger partial charge in [-0.1, -0.05) is 28.1 Å². The molecule has 0 N–H and O–H groups in total. The van der Waals surface area contributed by atoms with Crippen LogP contribution in [0, 0.1) is 11.8 Å². The van der Waals surface area contributed by atoms with Crippen LogP contribution in [-0.2, 0) is 16.3 Å². The van der Waals surface area contributed by atoms with Crippen molar-refractivity contribution < 1.29 is 13.2 Å². The minimum atomic E-state index is -2.79. The second-order valence-electron chi connectivity index (χ2n) is 5.13. The molecule has 1 aromatic carbocycles. The van der Waals surface area contributed by atoms with E-state index in [4.69, 9.17) is 4.74 Å². The fraction of sp³-hybridized carbons (Fsp3) is 0.571. The Balaban J connectivity index is 2.02. The third-order valence-corrected chi connectivity index (χ3v) is 6.41. The largest absolute Gasteiger partial charge is 0.497 e. The molecule has 1 fully saturated rings. The van der Waals surface area contributed by atoms with Crippen molar-refractivity contribution in [3.05, 3.63) is 29.8 Å². The summed E-state index contributed by atoms with van der Waals surface area (Å²) < 4.78 is 28.3. The van der Waals surface area contributed by atoms with E-state index in [1.807, 2.05) is 12.1 Å². The molecule has 1 aliphatic rings. The molecular weight excluding hydrogens is 328 g/mol. The van der Waals surface area contributed by atoms with Crippen LogP contribution < -0.4 is 4.74 Å². The van der Waals surface area contributed by atoms with E-state index in [9.17, 15) is 8.42 Å². The van der Waals surface area contributed by atoms with Gasteiger partial charge in [0.05, 0.1) is 18.6 Å². The van der Waals surface area contributed by atoms with Crippen LogP contribution in [0.5, 0.6) is 5.75 Å². The monoisotopic (exact) mass is 346 g/mol. The molecule has 2 atom stereocenters. The standard InChI is InChI=1S/C14H19BrO3S/c1-18-14-4-2-11(3-5-14)8-13(9-15)12-6-7-19(16,17)10-12/h2-5,12-13H,6-10H2,1H3. The molecule has 0 aromatic heterocycles. The van der Waals surface area contributed by atoms with Gasteiger partial charge in [-0.05, 0) is 42.4 Å². The molecule has 19 heavy (non-hydrogen) atoms. The number of sulfone groups is 1. The van der Waals surface area contributed by atoms with Crippen molar-refractivity contribution in [1.29, 1.82) is 0 Å². The summed E-state index contributed by atoms with van der Waals surface area (Å²) in [6, 6.07) is 8.01. The van der Waals surface area contributed by atoms with Crippen molar-refractivity contribution in [1.82, 2.24) is 0 Å². The van der Waals surface area contributed by atoms with Crippen molar-refractivity contribution in [3.8, 4) is 5.75 Å². The zero-order chi connectivity index (χ0) is 13.9. The molecular formula is C14H19BrO3S. The Labute approximate surface area is 123 Å². The second-order valence-corrected chi connectivity index (χ2v) is 8.01. The fourth-order valence-corrected chi connectivity index (χ4v) is 5.28. The molecule has 2 unspecified atom stereocenters. The van der Waals surface area contributed by atoms with Gasteiger partial charge in [-0.15, -0.1) is 0 Å². The molecule has 106 valence electrons. The summed E-state index contributed by atoms with van der Waals surface area (Å²) in [5.74, 6) is 2.21. The first-order valence-electron chi connectivity index (χ1n) is 6.43. The summed E-state index contributed by atoms with van der Waals surface area (Å²) in [5.41, 5.74) is 1.23. The molecule has 0 radical (unpaired) electrons. The lowest BCUT2D eigenvalue weighted by atomic mass is 9.88. The van der Waals surface area contributed by atoms with Crippen molar-refractivity contribution in [2.24, 2.45) is 11.8 Å². The first-order valence-corrected chi connectivity index (χ1v) is 9.37. The Hall–Kier alpha value is -0.550. The maximum Gasteiger partial charge on any atom is 0.150 e. The molecule has 0 spiro atoms. The van der Waals surface area contributed by atoms with Gasteiger partial charge in [0.25, 0.3) is 0 Å². The molecule has 1 aliphatic heterocycles. The van der Waals surface area contributed by atoms with Gasteiger partial charge in [0.1, 0.15) is 5.75 Å². The summed E-state index contributed by atoms with van der Waals surface area (Å²) in [6.45, 7) is 0. The Kier molecular flexibility index (Phi) is 4.90. The Bertz CT molecular complexity index is 510. The Morgan fingerprint density at radius 1 is 1.37 bits per heavy atom. The van der Waals surface area contributed by atoms with Crippen LogP contribution in [-0.4, -0.2) is 32.4 Å². The highest BCUT2D eigenvalue weighted by atomic mass is 79.9. The average Bonchev–Trinajstić information content (AvgIpc) is 2.77. The van der Waals surface area contributed by atoms with E-state index in [2.05, 4.69) is 28.1 Å². The summed E-state index contributed by atoms with van der Waals surface area (Å²) >= 11 is 3.53. The summed E-state index contributed by atoms with van der Waals surface area (Å²) in [5, 5.41) is 0.846. The SMILES string of the molecule is COc1ccc(CC(CBr)C2CCS(=O)(=O)C2)cc1. The Morgan fingerprint density at radius 3 is 2.53 bits per heavy atom. The minimum absolute atomic E-state index is 0.284. The van der Waals surface area contributed by atoms with Gasteiger partial charge in [0.15, 0.2) is 9.84 Å². The normalized spacial score (nSPS) is 23.2. The van der Waals surface area contributed by atoms with Gasteiger partial charge >= 0.3 is 0 Å². The molecule has 0 amide bonds. The quantitative estimate of drug-likeness (QED) is 0.770. The van der Waals surface area contributed by atoms with Gasteiger partial charge in [-0.3, -0.25) is 0 Å². The Morgan fingerprint density at radius 2 is 2.05 bits per heavy atom. The van der Waals surface area contributed by atoms with Gasteiger partial charge < -0.3 is 4.74 Å². The maximum atomic E-state index is 11.6. The third-order valence-electron chi connectivity index (χ3n) is 3.79. The van der Waals surface area contributed by atoms with Crippen LogP contribution >= 0.6 is 15.9 Å². The summed E-state index contributed by atoms with van der Waals surface area (Å²) in [6.07, 6.45) is 1.71. The first-order chi connectivity index (χ1) is 9.04. The van der Waals surface area contributed by atoms with Crippen LogP contribution in [0.4, 0.5) is 0 Å². The number of alkyl halides is 1. The number of methoxy groups -OCH3 is 1. The number of hydrogen-bond acceptors (Lipinski definition) is 3. The molecule has 3 nitrogen and oxygen atoms in total. The van der Waals surface area contributed by atoms with Crippen LogP contribution in [0.1, 0.15) is 12.0 Å². The number of ether oxygens (including phenoxy) is 1. The van der Waals surface area contributed by atoms with E-state index in [1.165, 1.54) is 5.56 Å². The molecule has 1 saturated heterocycles. The predicted octanol–water partition coefficient (Wildman–Crippen LogP) is 2.68. The molecule has 0 aliphatic carbocycles. The summed E-state index contributed by atoms with van der Waals surface area (Å²) in [7, 11) is -1.14. The highest BCUT2D eigenvalue weighted by Gasteiger charge is 2.33. The molecule has 1 heterocycles. The average molecular weight is 347 g/mol. The van der Waals surface area contributed by atoms with Gasteiger partial charge in [0, 0.05) is 5.33 Å². The molecule has 1 aromatic rings. The van der Waals surface area contributed by atoms with Gasteiger partial charge in [0.2, 0.25) is 0 Å². The van der Waals surface area contributed by atoms with E-state index in [0.29, 0.717) is 17.4 Å². The third kappa shape index (κ3) is 3.96. The summed E-state index contributed by atoms with van der Waals surface area (Å²) in [4.78, 5) is 0. The first kappa shape index (κ1) is 14.9. The van der Waals surface area contributed by atoms with Crippen molar-refractivity contribution in [2.75, 3.05) is 23.9 Å². The van der Waals surface area contributed by atoms with Gasteiger partial charge in [-0.2, -0.15) is 0 Å². The van der Waals surface area contributed by atoms with E-state index in [1.54, 1.807) is 7.11 Å². The zero-order valence-electron chi connectivity index (χ0n) is 11.0. The van der Waals surface area contributed by atoms with Crippen LogP contribution in [0.15, 0.2) is 24.3 Å². The highest BCUT2D eigenvalue weighted by Crippen LogP contribution is 2.30. The number of hydrogen-bond donors (Lipinski definition) is 0. The lowest BCUT2D eigenvalue weighted by molar-refractivity contribution is 0.400. The minimum Gasteiger partial charge on any atom is -0.497 e. The predicted molar refractivity (Wildman–Crippen MR) is 80.7 cm³/mol. The van der Waals surface area contributed by atoms with Crippen molar-refractivity contribution >= 4 is 25.8 Å². The maximum absolute atomic E-state index is 11.6. The molecule has 5 heteroatoms. The van der Waals surface area contributed by atoms with Crippen LogP contribution in [0.25, 0.3) is 0 Å². The van der Waals surface area contributed by atoms with E-state index in [0.717, 1.165) is 23.9 Å². The number of benzene rings is 1. The molecule has 0 bridgehead atoms. The molecule has 0 saturated carbocycles. The van der Waals surface area contributed by atoms with Crippen LogP contribution in [0.2, 0.25) is 0 Å². The lowest BCUT2D eigenvalue weighted by Crippen LogP contribution is -2.20. The number of rotatable bonds is 5. The second kappa shape index (κ2) is 6.27. The highest BCUT2D eigenvalue weighted by molar-refractivity contribution is 9.09. The lowest BCUT2D eigenvalue weighted by Gasteiger charge is -2.20. The zero-order valence-corrected chi connectivity index (χ0v) is 13.4. The molecule has 2 rings (SSSR count). The van der Waals surface area contributed by atoms with E-state index < -0.39 is 9.84 Å². The van der Waals surface area contributed by atoms with Crippen LogP contribution in [0.3, 0.4) is 0 Å². The number of halogens is 1. The van der Waals surface area contributed by atoms with Crippen molar-refractivity contribution in [2.45, 2.75) is 12.8 Å². The van der Waals surface area contributed by atoms with E-state index in [-0.39, 0.29) is 5.92 Å². The van der Waals surface area contributed by atoms with Crippen molar-refractivity contribution in [3.63, 3.8) is 0 Å². The van der Waals surface area contributed by atoms with Gasteiger partial charge in [-0.25, -0.2) is 8.42 Å². The smallest absolute Gasteiger partial charge is 0.150 e. The van der Waals surface area contributed by atoms with E-state index >= 15 is 0 Å². The topological polar surface area (TPSA) is 43.4 Å². The fourth-order valence-electron chi connectivity index (χ4n) is 2.61.